The third-order valence-corrected chi connectivity index (χ3v) is 5.26. The molecule has 15 heavy (non-hydrogen) atoms. The normalized spacial score (nSPS) is 33.1. The molecule has 0 aromatic rings. The average molecular weight is 229 g/mol. The van der Waals surface area contributed by atoms with Gasteiger partial charge in [-0.25, -0.2) is 0 Å². The van der Waals surface area contributed by atoms with Gasteiger partial charge in [0.1, 0.15) is 0 Å². The largest absolute Gasteiger partial charge is 0.264 e. The summed E-state index contributed by atoms with van der Waals surface area (Å²) in [6.45, 7) is 0. The van der Waals surface area contributed by atoms with Crippen molar-refractivity contribution in [2.24, 2.45) is 0 Å². The van der Waals surface area contributed by atoms with Gasteiger partial charge in [-0.1, -0.05) is 19.3 Å². The van der Waals surface area contributed by atoms with E-state index in [2.05, 4.69) is 0 Å². The SMILES string of the molecule is O=[N+]([O-])C1CCC(SC2CCCCC2)C1. The maximum atomic E-state index is 10.6. The Balaban J connectivity index is 1.74. The van der Waals surface area contributed by atoms with Gasteiger partial charge in [0.25, 0.3) is 0 Å². The third-order valence-electron chi connectivity index (χ3n) is 3.59. The van der Waals surface area contributed by atoms with Crippen molar-refractivity contribution in [3.05, 3.63) is 10.1 Å². The Morgan fingerprint density at radius 2 is 1.73 bits per heavy atom. The number of nitro groups is 1. The number of hydrogen-bond acceptors (Lipinski definition) is 3. The third kappa shape index (κ3) is 3.10. The molecule has 0 radical (unpaired) electrons. The van der Waals surface area contributed by atoms with E-state index in [-0.39, 0.29) is 11.0 Å². The molecule has 0 aromatic heterocycles. The number of nitrogens with zero attached hydrogens (tertiary/aromatic N) is 1. The second kappa shape index (κ2) is 5.19. The van der Waals surface area contributed by atoms with Crippen LogP contribution in [0.25, 0.3) is 0 Å². The summed E-state index contributed by atoms with van der Waals surface area (Å²) in [5.41, 5.74) is 0. The van der Waals surface area contributed by atoms with Crippen molar-refractivity contribution in [2.45, 2.75) is 67.9 Å². The molecule has 86 valence electrons. The first-order valence-corrected chi connectivity index (χ1v) is 6.99. The van der Waals surface area contributed by atoms with Crippen LogP contribution in [0.3, 0.4) is 0 Å². The molecule has 2 aliphatic rings. The first-order valence-electron chi connectivity index (χ1n) is 6.04. The lowest BCUT2D eigenvalue weighted by molar-refractivity contribution is -0.520. The molecule has 0 bridgehead atoms. The average Bonchev–Trinajstić information content (AvgIpc) is 2.68. The van der Waals surface area contributed by atoms with Crippen molar-refractivity contribution in [1.29, 1.82) is 0 Å². The van der Waals surface area contributed by atoms with Crippen LogP contribution < -0.4 is 0 Å². The molecule has 2 rings (SSSR count). The van der Waals surface area contributed by atoms with Gasteiger partial charge in [0.15, 0.2) is 0 Å². The fourth-order valence-corrected chi connectivity index (χ4v) is 4.46. The summed E-state index contributed by atoms with van der Waals surface area (Å²) in [5.74, 6) is 0. The molecule has 0 aliphatic heterocycles. The van der Waals surface area contributed by atoms with E-state index in [1.165, 1.54) is 32.1 Å². The van der Waals surface area contributed by atoms with E-state index in [1.807, 2.05) is 11.8 Å². The molecule has 2 unspecified atom stereocenters. The fraction of sp³-hybridized carbons (Fsp3) is 1.00. The summed E-state index contributed by atoms with van der Waals surface area (Å²) in [6.07, 6.45) is 9.47. The molecule has 2 aliphatic carbocycles. The first-order chi connectivity index (χ1) is 7.25. The van der Waals surface area contributed by atoms with Crippen molar-refractivity contribution in [3.63, 3.8) is 0 Å². The van der Waals surface area contributed by atoms with E-state index in [1.54, 1.807) is 0 Å². The second-order valence-corrected chi connectivity index (χ2v) is 6.38. The summed E-state index contributed by atoms with van der Waals surface area (Å²) in [6, 6.07) is -0.244. The molecular formula is C11H19NO2S. The summed E-state index contributed by atoms with van der Waals surface area (Å²) < 4.78 is 0. The zero-order valence-electron chi connectivity index (χ0n) is 9.06. The Bertz CT molecular complexity index is 229. The zero-order chi connectivity index (χ0) is 10.7. The predicted molar refractivity (Wildman–Crippen MR) is 62.9 cm³/mol. The van der Waals surface area contributed by atoms with Gasteiger partial charge >= 0.3 is 0 Å². The minimum atomic E-state index is -0.244. The van der Waals surface area contributed by atoms with Crippen LogP contribution in [0.5, 0.6) is 0 Å². The summed E-state index contributed by atoms with van der Waals surface area (Å²) in [7, 11) is 0. The standard InChI is InChI=1S/C11H19NO2S/c13-12(14)9-6-7-11(8-9)15-10-4-2-1-3-5-10/h9-11H,1-8H2. The molecule has 2 atom stereocenters. The van der Waals surface area contributed by atoms with Gasteiger partial charge in [0, 0.05) is 28.3 Å². The lowest BCUT2D eigenvalue weighted by Gasteiger charge is -2.23. The lowest BCUT2D eigenvalue weighted by Crippen LogP contribution is -2.17. The molecule has 0 amide bonds. The topological polar surface area (TPSA) is 43.1 Å². The van der Waals surface area contributed by atoms with Crippen LogP contribution in [0.15, 0.2) is 0 Å². The number of rotatable bonds is 3. The molecule has 0 saturated heterocycles. The van der Waals surface area contributed by atoms with Crippen molar-refractivity contribution in [3.8, 4) is 0 Å². The second-order valence-electron chi connectivity index (χ2n) is 4.77. The molecule has 2 saturated carbocycles. The Kier molecular flexibility index (Phi) is 3.89. The monoisotopic (exact) mass is 229 g/mol. The van der Waals surface area contributed by atoms with Gasteiger partial charge in [-0.2, -0.15) is 11.8 Å². The Labute approximate surface area is 95.2 Å². The Hall–Kier alpha value is -0.250. The number of hydrogen-bond donors (Lipinski definition) is 0. The molecule has 0 aromatic carbocycles. The van der Waals surface area contributed by atoms with E-state index in [9.17, 15) is 10.1 Å². The quantitative estimate of drug-likeness (QED) is 0.551. The molecular weight excluding hydrogens is 210 g/mol. The van der Waals surface area contributed by atoms with Crippen molar-refractivity contribution >= 4 is 11.8 Å². The van der Waals surface area contributed by atoms with Crippen LogP contribution >= 0.6 is 11.8 Å². The van der Waals surface area contributed by atoms with Crippen LogP contribution in [-0.4, -0.2) is 21.5 Å². The van der Waals surface area contributed by atoms with Gasteiger partial charge in [-0.15, -0.1) is 0 Å². The van der Waals surface area contributed by atoms with Crippen molar-refractivity contribution in [1.82, 2.24) is 0 Å². The Morgan fingerprint density at radius 1 is 1.00 bits per heavy atom. The molecule has 3 nitrogen and oxygen atoms in total. The van der Waals surface area contributed by atoms with E-state index in [0.29, 0.717) is 5.25 Å². The fourth-order valence-electron chi connectivity index (χ4n) is 2.71. The first kappa shape index (κ1) is 11.2. The van der Waals surface area contributed by atoms with Crippen molar-refractivity contribution < 1.29 is 4.92 Å². The molecule has 0 heterocycles. The van der Waals surface area contributed by atoms with Crippen LogP contribution in [0.2, 0.25) is 0 Å². The highest BCUT2D eigenvalue weighted by Crippen LogP contribution is 2.38. The summed E-state index contributed by atoms with van der Waals surface area (Å²) in [4.78, 5) is 10.6. The zero-order valence-corrected chi connectivity index (χ0v) is 9.88. The molecule has 0 N–H and O–H groups in total. The van der Waals surface area contributed by atoms with Crippen LogP contribution in [-0.2, 0) is 0 Å². The van der Waals surface area contributed by atoms with Gasteiger partial charge in [0.05, 0.1) is 0 Å². The summed E-state index contributed by atoms with van der Waals surface area (Å²) >= 11 is 2.04. The van der Waals surface area contributed by atoms with Crippen LogP contribution in [0.1, 0.15) is 51.4 Å². The van der Waals surface area contributed by atoms with Gasteiger partial charge in [0.2, 0.25) is 6.04 Å². The maximum absolute atomic E-state index is 10.6. The van der Waals surface area contributed by atoms with Crippen LogP contribution in [0.4, 0.5) is 0 Å². The maximum Gasteiger partial charge on any atom is 0.214 e. The van der Waals surface area contributed by atoms with E-state index in [0.717, 1.165) is 24.5 Å². The smallest absolute Gasteiger partial charge is 0.214 e. The minimum absolute atomic E-state index is 0.0819. The van der Waals surface area contributed by atoms with Crippen molar-refractivity contribution in [2.75, 3.05) is 0 Å². The van der Waals surface area contributed by atoms with E-state index < -0.39 is 0 Å². The highest BCUT2D eigenvalue weighted by molar-refractivity contribution is 8.00. The van der Waals surface area contributed by atoms with Gasteiger partial charge < -0.3 is 0 Å². The van der Waals surface area contributed by atoms with E-state index in [4.69, 9.17) is 0 Å². The molecule has 0 spiro atoms. The molecule has 4 heteroatoms. The van der Waals surface area contributed by atoms with E-state index >= 15 is 0 Å². The Morgan fingerprint density at radius 3 is 2.33 bits per heavy atom. The highest BCUT2D eigenvalue weighted by atomic mass is 32.2. The van der Waals surface area contributed by atoms with Crippen LogP contribution in [0, 0.1) is 10.1 Å². The predicted octanol–water partition coefficient (Wildman–Crippen LogP) is 3.25. The summed E-state index contributed by atoms with van der Waals surface area (Å²) in [5, 5.41) is 12.0. The molecule has 2 fully saturated rings. The van der Waals surface area contributed by atoms with Gasteiger partial charge in [-0.05, 0) is 19.3 Å². The number of thioether (sulfide) groups is 1. The minimum Gasteiger partial charge on any atom is -0.264 e. The lowest BCUT2D eigenvalue weighted by atomic mass is 10.0. The highest BCUT2D eigenvalue weighted by Gasteiger charge is 2.34. The van der Waals surface area contributed by atoms with Gasteiger partial charge in [-0.3, -0.25) is 10.1 Å².